The number of nitrogens with one attached hydrogen (secondary N) is 2. The first-order valence-electron chi connectivity index (χ1n) is 12.1. The maximum atomic E-state index is 15.0. The average molecular weight is 556 g/mol. The molecule has 0 aliphatic carbocycles. The predicted molar refractivity (Wildman–Crippen MR) is 142 cm³/mol. The van der Waals surface area contributed by atoms with Gasteiger partial charge in [0.05, 0.1) is 13.0 Å². The number of benzene rings is 3. The van der Waals surface area contributed by atoms with Crippen molar-refractivity contribution >= 4 is 29.4 Å². The van der Waals surface area contributed by atoms with Gasteiger partial charge in [-0.25, -0.2) is 22.8 Å². The van der Waals surface area contributed by atoms with Gasteiger partial charge in [0, 0.05) is 5.56 Å². The first-order valence-corrected chi connectivity index (χ1v) is 12.1. The Labute approximate surface area is 228 Å². The van der Waals surface area contributed by atoms with E-state index in [1.807, 2.05) is 0 Å². The van der Waals surface area contributed by atoms with Crippen LogP contribution in [0.4, 0.5) is 23.7 Å². The summed E-state index contributed by atoms with van der Waals surface area (Å²) in [4.78, 5) is 38.5. The largest absolute Gasteiger partial charge is 0.479 e. The highest BCUT2D eigenvalue weighted by molar-refractivity contribution is 6.12. The number of rotatable bonds is 9. The number of aliphatic carboxylic acids is 1. The minimum Gasteiger partial charge on any atom is -0.479 e. The summed E-state index contributed by atoms with van der Waals surface area (Å²) >= 11 is 0. The number of ketones is 1. The molecule has 1 atom stereocenters. The first-order chi connectivity index (χ1) is 18.7. The van der Waals surface area contributed by atoms with Crippen molar-refractivity contribution in [3.63, 3.8) is 0 Å². The second kappa shape index (κ2) is 12.5. The summed E-state index contributed by atoms with van der Waals surface area (Å²) in [6.45, 7) is 4.26. The van der Waals surface area contributed by atoms with Crippen LogP contribution in [0.2, 0.25) is 0 Å². The fourth-order valence-electron chi connectivity index (χ4n) is 3.80. The fourth-order valence-corrected chi connectivity index (χ4v) is 3.80. The van der Waals surface area contributed by atoms with Crippen molar-refractivity contribution in [1.29, 1.82) is 5.41 Å². The van der Waals surface area contributed by atoms with E-state index < -0.39 is 71.4 Å². The fraction of sp³-hybridized carbons (Fsp3) is 0.241. The molecule has 210 valence electrons. The SMILES string of the molecule is CC(C)(C)OC(=O)N(Cc1cc(F)c(NC(=N)CC(=O)c2ccc(F)cc2)c(F)c1)[C@H](C(=O)O)c1ccccc1. The number of carbonyl (C=O) groups is 3. The minimum absolute atomic E-state index is 0.0810. The third-order valence-corrected chi connectivity index (χ3v) is 5.52. The summed E-state index contributed by atoms with van der Waals surface area (Å²) in [5, 5.41) is 20.2. The van der Waals surface area contributed by atoms with E-state index in [2.05, 4.69) is 5.32 Å². The zero-order chi connectivity index (χ0) is 29.6. The normalized spacial score (nSPS) is 11.8. The second-order valence-electron chi connectivity index (χ2n) is 9.90. The number of carbonyl (C=O) groups excluding carboxylic acids is 2. The molecular weight excluding hydrogens is 527 g/mol. The Morgan fingerprint density at radius 3 is 2.08 bits per heavy atom. The topological polar surface area (TPSA) is 120 Å². The van der Waals surface area contributed by atoms with Crippen LogP contribution in [0.25, 0.3) is 0 Å². The number of nitrogens with zero attached hydrogens (tertiary/aromatic N) is 1. The summed E-state index contributed by atoms with van der Waals surface area (Å²) in [5.41, 5.74) is -1.40. The smallest absolute Gasteiger partial charge is 0.411 e. The van der Waals surface area contributed by atoms with Crippen molar-refractivity contribution in [3.8, 4) is 0 Å². The summed E-state index contributed by atoms with van der Waals surface area (Å²) in [7, 11) is 0. The molecule has 3 N–H and O–H groups in total. The molecule has 0 saturated carbocycles. The summed E-state index contributed by atoms with van der Waals surface area (Å²) in [6, 6.07) is 12.7. The van der Waals surface area contributed by atoms with Gasteiger partial charge in [0.15, 0.2) is 11.8 Å². The monoisotopic (exact) mass is 555 g/mol. The third-order valence-electron chi connectivity index (χ3n) is 5.52. The van der Waals surface area contributed by atoms with E-state index in [9.17, 15) is 23.9 Å². The molecule has 3 rings (SSSR count). The van der Waals surface area contributed by atoms with E-state index in [1.165, 1.54) is 24.3 Å². The molecule has 0 bridgehead atoms. The summed E-state index contributed by atoms with van der Waals surface area (Å²) in [6.07, 6.45) is -1.54. The lowest BCUT2D eigenvalue weighted by molar-refractivity contribution is -0.143. The molecule has 40 heavy (non-hydrogen) atoms. The molecule has 0 unspecified atom stereocenters. The van der Waals surface area contributed by atoms with E-state index in [4.69, 9.17) is 10.1 Å². The maximum absolute atomic E-state index is 15.0. The molecule has 0 aromatic heterocycles. The van der Waals surface area contributed by atoms with Crippen LogP contribution in [-0.2, 0) is 16.1 Å². The van der Waals surface area contributed by atoms with Crippen molar-refractivity contribution in [2.45, 2.75) is 45.4 Å². The van der Waals surface area contributed by atoms with Crippen LogP contribution in [0, 0.1) is 22.9 Å². The highest BCUT2D eigenvalue weighted by Crippen LogP contribution is 2.28. The van der Waals surface area contributed by atoms with Gasteiger partial charge in [-0.05, 0) is 68.3 Å². The zero-order valence-corrected chi connectivity index (χ0v) is 22.0. The van der Waals surface area contributed by atoms with Gasteiger partial charge < -0.3 is 15.2 Å². The third kappa shape index (κ3) is 7.92. The lowest BCUT2D eigenvalue weighted by Crippen LogP contribution is -2.41. The highest BCUT2D eigenvalue weighted by atomic mass is 19.1. The van der Waals surface area contributed by atoms with Gasteiger partial charge in [0.25, 0.3) is 0 Å². The Morgan fingerprint density at radius 2 is 1.55 bits per heavy atom. The van der Waals surface area contributed by atoms with Crippen molar-refractivity contribution in [2.24, 2.45) is 0 Å². The van der Waals surface area contributed by atoms with Gasteiger partial charge in [-0.1, -0.05) is 30.3 Å². The molecule has 0 saturated heterocycles. The van der Waals surface area contributed by atoms with Gasteiger partial charge in [-0.15, -0.1) is 0 Å². The lowest BCUT2D eigenvalue weighted by atomic mass is 10.0. The first kappa shape index (κ1) is 29.9. The van der Waals surface area contributed by atoms with Crippen LogP contribution in [0.1, 0.15) is 54.7 Å². The van der Waals surface area contributed by atoms with Crippen LogP contribution < -0.4 is 5.32 Å². The van der Waals surface area contributed by atoms with Crippen molar-refractivity contribution < 1.29 is 37.4 Å². The molecule has 0 spiro atoms. The molecular formula is C29H28F3N3O5. The molecule has 0 aliphatic heterocycles. The Morgan fingerprint density at radius 1 is 0.975 bits per heavy atom. The number of ether oxygens (including phenoxy) is 1. The number of carboxylic acid groups (broad SMARTS) is 1. The van der Waals surface area contributed by atoms with Crippen LogP contribution in [0.3, 0.4) is 0 Å². The van der Waals surface area contributed by atoms with Gasteiger partial charge in [-0.3, -0.25) is 15.1 Å². The molecule has 0 heterocycles. The average Bonchev–Trinajstić information content (AvgIpc) is 2.85. The van der Waals surface area contributed by atoms with Crippen LogP contribution in [0.5, 0.6) is 0 Å². The molecule has 3 aromatic rings. The molecule has 3 aromatic carbocycles. The highest BCUT2D eigenvalue weighted by Gasteiger charge is 2.34. The van der Waals surface area contributed by atoms with E-state index in [1.54, 1.807) is 39.0 Å². The van der Waals surface area contributed by atoms with Gasteiger partial charge in [0.1, 0.15) is 34.6 Å². The number of Topliss-reactive ketones (excluding diaryl/α,β-unsaturated/α-hetero) is 1. The summed E-state index contributed by atoms with van der Waals surface area (Å²) in [5.74, 6) is -5.27. The Hall–Kier alpha value is -4.67. The standard InChI is InChI=1S/C29H28F3N3O5/c1-29(2,3)40-28(39)35(26(27(37)38)19-7-5-4-6-8-19)16-17-13-21(31)25(22(32)14-17)34-24(33)15-23(36)18-9-11-20(30)12-10-18/h4-14,26H,15-16H2,1-3H3,(H2,33,34)(H,37,38)/t26-/m0/s1. The quantitative estimate of drug-likeness (QED) is 0.161. The van der Waals surface area contributed by atoms with E-state index in [-0.39, 0.29) is 16.7 Å². The number of amides is 1. The van der Waals surface area contributed by atoms with Crippen molar-refractivity contribution in [3.05, 3.63) is 101 Å². The number of amidine groups is 1. The molecule has 0 fully saturated rings. The predicted octanol–water partition coefficient (Wildman–Crippen LogP) is 6.33. The Balaban J connectivity index is 1.85. The molecule has 8 nitrogen and oxygen atoms in total. The van der Waals surface area contributed by atoms with Gasteiger partial charge in [-0.2, -0.15) is 0 Å². The second-order valence-corrected chi connectivity index (χ2v) is 9.90. The number of carboxylic acids is 1. The van der Waals surface area contributed by atoms with E-state index in [0.717, 1.165) is 29.2 Å². The van der Waals surface area contributed by atoms with Crippen molar-refractivity contribution in [2.75, 3.05) is 5.32 Å². The maximum Gasteiger partial charge on any atom is 0.411 e. The number of hydrogen-bond donors (Lipinski definition) is 3. The van der Waals surface area contributed by atoms with Crippen LogP contribution >= 0.6 is 0 Å². The number of hydrogen-bond acceptors (Lipinski definition) is 5. The minimum atomic E-state index is -1.52. The zero-order valence-electron chi connectivity index (χ0n) is 22.0. The van der Waals surface area contributed by atoms with Crippen molar-refractivity contribution in [1.82, 2.24) is 4.90 Å². The lowest BCUT2D eigenvalue weighted by Gasteiger charge is -2.32. The Kier molecular flexibility index (Phi) is 9.31. The number of halogens is 3. The molecule has 0 radical (unpaired) electrons. The van der Waals surface area contributed by atoms with Gasteiger partial charge >= 0.3 is 12.1 Å². The molecule has 0 aliphatic rings. The van der Waals surface area contributed by atoms with E-state index >= 15 is 8.78 Å². The van der Waals surface area contributed by atoms with Gasteiger partial charge in [0.2, 0.25) is 0 Å². The van der Waals surface area contributed by atoms with Crippen LogP contribution in [0.15, 0.2) is 66.7 Å². The Bertz CT molecular complexity index is 1380. The van der Waals surface area contributed by atoms with Crippen LogP contribution in [-0.4, -0.2) is 39.3 Å². The number of anilines is 1. The molecule has 1 amide bonds. The molecule has 11 heteroatoms. The van der Waals surface area contributed by atoms with E-state index in [0.29, 0.717) is 0 Å². The summed E-state index contributed by atoms with van der Waals surface area (Å²) < 4.78 is 48.5.